The Kier molecular flexibility index (Phi) is 9.73. The fraction of sp³-hybridized carbons (Fsp3) is 0.353. The summed E-state index contributed by atoms with van der Waals surface area (Å²) in [4.78, 5) is 48.8. The van der Waals surface area contributed by atoms with Gasteiger partial charge in [0.25, 0.3) is 5.56 Å². The van der Waals surface area contributed by atoms with Crippen LogP contribution in [0.15, 0.2) is 65.5 Å². The van der Waals surface area contributed by atoms with Crippen molar-refractivity contribution in [3.8, 4) is 11.5 Å². The average Bonchev–Trinajstić information content (AvgIpc) is 3.05. The van der Waals surface area contributed by atoms with Gasteiger partial charge in [-0.2, -0.15) is 0 Å². The number of piperazine rings is 1. The van der Waals surface area contributed by atoms with E-state index in [9.17, 15) is 23.2 Å². The topological polar surface area (TPSA) is 118 Å². The standard InChI is InChI=1S/C34H38F2N6O6/c1-21(41(28-14-12-25(46-5)20-29(28)47-6)32(44)37-24-10-7-22(35)8-11-24)30-38-27-13-9-23(36)19-26(27)31(43)42(30)40-17-15-39(16-18-40)33(45)48-34(2,3)4/h7-14,19-21H,15-18H2,1-6H3,(H,37,44). The lowest BCUT2D eigenvalue weighted by molar-refractivity contribution is 0.0231. The Bertz CT molecular complexity index is 1870. The molecule has 1 unspecified atom stereocenters. The zero-order valence-corrected chi connectivity index (χ0v) is 27.6. The summed E-state index contributed by atoms with van der Waals surface area (Å²) >= 11 is 0. The van der Waals surface area contributed by atoms with Crippen LogP contribution in [0.1, 0.15) is 39.6 Å². The summed E-state index contributed by atoms with van der Waals surface area (Å²) in [6.45, 7) is 7.94. The number of benzene rings is 3. The molecule has 14 heteroatoms. The van der Waals surface area contributed by atoms with E-state index in [0.29, 0.717) is 17.1 Å². The second-order valence-electron chi connectivity index (χ2n) is 12.2. The highest BCUT2D eigenvalue weighted by molar-refractivity contribution is 6.03. The number of anilines is 2. The number of methoxy groups -OCH3 is 2. The molecule has 1 atom stereocenters. The molecule has 1 aliphatic heterocycles. The van der Waals surface area contributed by atoms with Crippen LogP contribution >= 0.6 is 0 Å². The molecule has 1 fully saturated rings. The average molecular weight is 665 g/mol. The van der Waals surface area contributed by atoms with Gasteiger partial charge >= 0.3 is 12.1 Å². The second-order valence-corrected chi connectivity index (χ2v) is 12.2. The molecular weight excluding hydrogens is 626 g/mol. The summed E-state index contributed by atoms with van der Waals surface area (Å²) in [6.07, 6.45) is -0.475. The number of carbonyl (C=O) groups is 2. The Balaban J connectivity index is 1.61. The first-order valence-corrected chi connectivity index (χ1v) is 15.3. The highest BCUT2D eigenvalue weighted by Gasteiger charge is 2.33. The molecule has 1 aromatic heterocycles. The van der Waals surface area contributed by atoms with E-state index >= 15 is 0 Å². The van der Waals surface area contributed by atoms with E-state index in [1.807, 2.05) is 0 Å². The van der Waals surface area contributed by atoms with Crippen molar-refractivity contribution in [3.63, 3.8) is 0 Å². The molecule has 48 heavy (non-hydrogen) atoms. The zero-order chi connectivity index (χ0) is 34.7. The number of aromatic nitrogens is 2. The fourth-order valence-corrected chi connectivity index (χ4v) is 5.42. The van der Waals surface area contributed by atoms with Gasteiger partial charge in [0.2, 0.25) is 0 Å². The van der Waals surface area contributed by atoms with Crippen LogP contribution in [0.5, 0.6) is 11.5 Å². The molecule has 254 valence electrons. The van der Waals surface area contributed by atoms with E-state index in [1.54, 1.807) is 55.8 Å². The molecule has 1 N–H and O–H groups in total. The first-order valence-electron chi connectivity index (χ1n) is 15.3. The van der Waals surface area contributed by atoms with Gasteiger partial charge < -0.3 is 29.4 Å². The predicted molar refractivity (Wildman–Crippen MR) is 178 cm³/mol. The third kappa shape index (κ3) is 7.27. The van der Waals surface area contributed by atoms with Crippen LogP contribution in [0.4, 0.5) is 29.7 Å². The number of halogens is 2. The van der Waals surface area contributed by atoms with Gasteiger partial charge in [0.05, 0.1) is 49.9 Å². The number of urea groups is 1. The molecule has 0 saturated carbocycles. The summed E-state index contributed by atoms with van der Waals surface area (Å²) in [5.41, 5.74) is -0.357. The number of nitrogens with one attached hydrogen (secondary N) is 1. The molecule has 4 aromatic rings. The van der Waals surface area contributed by atoms with Gasteiger partial charge in [-0.3, -0.25) is 9.69 Å². The molecule has 3 aromatic carbocycles. The summed E-state index contributed by atoms with van der Waals surface area (Å²) in [5, 5.41) is 4.55. The van der Waals surface area contributed by atoms with Crippen LogP contribution < -0.4 is 30.3 Å². The summed E-state index contributed by atoms with van der Waals surface area (Å²) in [6, 6.07) is 12.3. The van der Waals surface area contributed by atoms with Crippen LogP contribution in [0, 0.1) is 11.6 Å². The molecule has 3 amide bonds. The SMILES string of the molecule is COc1ccc(N(C(=O)Nc2ccc(F)cc2)C(C)c2nc3ccc(F)cc3c(=O)n2N2CCN(C(=O)OC(C)(C)C)CC2)c(OC)c1. The molecule has 12 nitrogen and oxygen atoms in total. The van der Waals surface area contributed by atoms with Gasteiger partial charge in [-0.05, 0) is 82.3 Å². The maximum atomic E-state index is 14.4. The first-order chi connectivity index (χ1) is 22.8. The van der Waals surface area contributed by atoms with Crippen LogP contribution in [0.3, 0.4) is 0 Å². The maximum absolute atomic E-state index is 14.4. The third-order valence-electron chi connectivity index (χ3n) is 7.75. The fourth-order valence-electron chi connectivity index (χ4n) is 5.42. The van der Waals surface area contributed by atoms with Crippen molar-refractivity contribution in [2.75, 3.05) is 55.6 Å². The first kappa shape index (κ1) is 33.9. The Morgan fingerprint density at radius 1 is 0.917 bits per heavy atom. The molecule has 0 aliphatic carbocycles. The monoisotopic (exact) mass is 664 g/mol. The second kappa shape index (κ2) is 13.8. The predicted octanol–water partition coefficient (Wildman–Crippen LogP) is 5.68. The lowest BCUT2D eigenvalue weighted by atomic mass is 10.1. The number of hydrogen-bond donors (Lipinski definition) is 1. The van der Waals surface area contributed by atoms with E-state index in [4.69, 9.17) is 19.2 Å². The molecule has 0 bridgehead atoms. The molecular formula is C34H38F2N6O6. The number of rotatable bonds is 7. The van der Waals surface area contributed by atoms with Crippen molar-refractivity contribution >= 4 is 34.4 Å². The largest absolute Gasteiger partial charge is 0.497 e. The lowest BCUT2D eigenvalue weighted by Gasteiger charge is -2.39. The number of hydrogen-bond acceptors (Lipinski definition) is 8. The van der Waals surface area contributed by atoms with Crippen LogP contribution in [-0.2, 0) is 4.74 Å². The molecule has 5 rings (SSSR count). The van der Waals surface area contributed by atoms with E-state index in [-0.39, 0.29) is 48.7 Å². The summed E-state index contributed by atoms with van der Waals surface area (Å²) in [5.74, 6) is -0.141. The highest BCUT2D eigenvalue weighted by atomic mass is 19.1. The van der Waals surface area contributed by atoms with Gasteiger partial charge in [-0.25, -0.2) is 28.0 Å². The third-order valence-corrected chi connectivity index (χ3v) is 7.75. The van der Waals surface area contributed by atoms with Crippen molar-refractivity contribution in [1.29, 1.82) is 0 Å². The van der Waals surface area contributed by atoms with Crippen molar-refractivity contribution < 1.29 is 32.6 Å². The van der Waals surface area contributed by atoms with Gasteiger partial charge in [0.1, 0.15) is 28.7 Å². The molecule has 0 radical (unpaired) electrons. The summed E-state index contributed by atoms with van der Waals surface area (Å²) < 4.78 is 46.0. The molecule has 1 saturated heterocycles. The van der Waals surface area contributed by atoms with E-state index in [0.717, 1.165) is 6.07 Å². The molecule has 0 spiro atoms. The minimum Gasteiger partial charge on any atom is -0.497 e. The van der Waals surface area contributed by atoms with Gasteiger partial charge in [-0.15, -0.1) is 0 Å². The molecule has 2 heterocycles. The number of ether oxygens (including phenoxy) is 3. The minimum atomic E-state index is -0.946. The van der Waals surface area contributed by atoms with Crippen LogP contribution in [0.25, 0.3) is 10.9 Å². The number of nitrogens with zero attached hydrogens (tertiary/aromatic N) is 5. The Morgan fingerprint density at radius 2 is 1.58 bits per heavy atom. The normalized spacial score (nSPS) is 14.0. The molecule has 1 aliphatic rings. The smallest absolute Gasteiger partial charge is 0.410 e. The van der Waals surface area contributed by atoms with Crippen LogP contribution in [0.2, 0.25) is 0 Å². The van der Waals surface area contributed by atoms with Crippen LogP contribution in [-0.4, -0.2) is 72.7 Å². The van der Waals surface area contributed by atoms with Crippen molar-refractivity contribution in [3.05, 3.63) is 88.5 Å². The van der Waals surface area contributed by atoms with Crippen molar-refractivity contribution in [1.82, 2.24) is 14.6 Å². The van der Waals surface area contributed by atoms with E-state index in [1.165, 1.54) is 60.2 Å². The Morgan fingerprint density at radius 3 is 2.21 bits per heavy atom. The Hall–Kier alpha value is -5.40. The van der Waals surface area contributed by atoms with Gasteiger partial charge in [-0.1, -0.05) is 0 Å². The van der Waals surface area contributed by atoms with Gasteiger partial charge in [0, 0.05) is 24.8 Å². The quantitative estimate of drug-likeness (QED) is 0.268. The van der Waals surface area contributed by atoms with Gasteiger partial charge in [0.15, 0.2) is 5.82 Å². The number of carbonyl (C=O) groups excluding carboxylic acids is 2. The number of amides is 3. The maximum Gasteiger partial charge on any atom is 0.410 e. The minimum absolute atomic E-state index is 0.0462. The summed E-state index contributed by atoms with van der Waals surface area (Å²) in [7, 11) is 2.95. The van der Waals surface area contributed by atoms with E-state index < -0.39 is 41.0 Å². The van der Waals surface area contributed by atoms with E-state index in [2.05, 4.69) is 5.32 Å². The van der Waals surface area contributed by atoms with Crippen molar-refractivity contribution in [2.24, 2.45) is 0 Å². The highest BCUT2D eigenvalue weighted by Crippen LogP contribution is 2.37. The lowest BCUT2D eigenvalue weighted by Crippen LogP contribution is -2.57. The number of fused-ring (bicyclic) bond motifs is 1. The Labute approximate surface area is 276 Å². The zero-order valence-electron chi connectivity index (χ0n) is 27.6. The van der Waals surface area contributed by atoms with Crippen molar-refractivity contribution in [2.45, 2.75) is 39.3 Å².